The molecule has 2 nitrogen and oxygen atoms in total. The molecule has 0 amide bonds. The van der Waals surface area contributed by atoms with Crippen LogP contribution in [0.25, 0.3) is 0 Å². The summed E-state index contributed by atoms with van der Waals surface area (Å²) in [5.74, 6) is 2.57. The summed E-state index contributed by atoms with van der Waals surface area (Å²) in [6.07, 6.45) is 10.6. The van der Waals surface area contributed by atoms with Crippen molar-refractivity contribution in [2.45, 2.75) is 86.0 Å². The predicted octanol–water partition coefficient (Wildman–Crippen LogP) is 7.32. The fraction of sp³-hybridized carbons (Fsp3) is 0.750. The third-order valence-electron chi connectivity index (χ3n) is 5.56. The Balaban J connectivity index is 2.87. The minimum absolute atomic E-state index is 0.729. The molecule has 0 N–H and O–H groups in total. The second-order valence-corrected chi connectivity index (χ2v) is 7.66. The standard InChI is InChI=1S/C24H43NO/c1-6-11-13-21(8-3)19-25(20-22(9-4)14-12-7-2)23-15-17-24(18-16-23)26-10-5/h15-18,21-22H,6-14,19-20H2,1-5H3. The molecule has 0 heterocycles. The van der Waals surface area contributed by atoms with Crippen molar-refractivity contribution in [3.05, 3.63) is 24.3 Å². The number of hydrogen-bond donors (Lipinski definition) is 0. The maximum atomic E-state index is 5.63. The van der Waals surface area contributed by atoms with Gasteiger partial charge in [0.25, 0.3) is 0 Å². The van der Waals surface area contributed by atoms with Crippen LogP contribution >= 0.6 is 0 Å². The number of unbranched alkanes of at least 4 members (excludes halogenated alkanes) is 2. The van der Waals surface area contributed by atoms with Gasteiger partial charge in [0.05, 0.1) is 6.61 Å². The summed E-state index contributed by atoms with van der Waals surface area (Å²) >= 11 is 0. The highest BCUT2D eigenvalue weighted by molar-refractivity contribution is 5.49. The molecule has 1 rings (SSSR count). The van der Waals surface area contributed by atoms with Crippen molar-refractivity contribution >= 4 is 5.69 Å². The molecule has 0 saturated heterocycles. The molecule has 0 aliphatic carbocycles. The lowest BCUT2D eigenvalue weighted by Crippen LogP contribution is -2.34. The molecule has 0 bridgehead atoms. The Morgan fingerprint density at radius 2 is 1.27 bits per heavy atom. The van der Waals surface area contributed by atoms with Crippen LogP contribution in [-0.2, 0) is 0 Å². The van der Waals surface area contributed by atoms with Gasteiger partial charge in [-0.1, -0.05) is 66.2 Å². The summed E-state index contributed by atoms with van der Waals surface area (Å²) in [5.41, 5.74) is 1.36. The van der Waals surface area contributed by atoms with E-state index in [0.717, 1.165) is 24.2 Å². The first kappa shape index (κ1) is 22.9. The molecule has 0 radical (unpaired) electrons. The number of rotatable bonds is 15. The molecule has 2 unspecified atom stereocenters. The Kier molecular flexibility index (Phi) is 12.3. The number of anilines is 1. The van der Waals surface area contributed by atoms with E-state index in [0.29, 0.717) is 0 Å². The van der Waals surface area contributed by atoms with Crippen molar-refractivity contribution in [1.82, 2.24) is 0 Å². The van der Waals surface area contributed by atoms with Crippen LogP contribution in [0.5, 0.6) is 5.75 Å². The molecule has 2 heteroatoms. The van der Waals surface area contributed by atoms with E-state index in [4.69, 9.17) is 4.74 Å². The predicted molar refractivity (Wildman–Crippen MR) is 116 cm³/mol. The number of ether oxygens (including phenoxy) is 1. The smallest absolute Gasteiger partial charge is 0.119 e. The Morgan fingerprint density at radius 3 is 1.65 bits per heavy atom. The molecule has 0 saturated carbocycles. The Bertz CT molecular complexity index is 424. The van der Waals surface area contributed by atoms with Crippen LogP contribution in [0.15, 0.2) is 24.3 Å². The van der Waals surface area contributed by atoms with Gasteiger partial charge < -0.3 is 9.64 Å². The quantitative estimate of drug-likeness (QED) is 0.324. The van der Waals surface area contributed by atoms with Crippen LogP contribution in [0.1, 0.15) is 86.0 Å². The van der Waals surface area contributed by atoms with E-state index >= 15 is 0 Å². The highest BCUT2D eigenvalue weighted by Crippen LogP contribution is 2.26. The van der Waals surface area contributed by atoms with E-state index in [9.17, 15) is 0 Å². The maximum absolute atomic E-state index is 5.63. The molecule has 1 aromatic carbocycles. The van der Waals surface area contributed by atoms with Crippen molar-refractivity contribution in [1.29, 1.82) is 0 Å². The van der Waals surface area contributed by atoms with E-state index in [1.165, 1.54) is 70.1 Å². The second-order valence-electron chi connectivity index (χ2n) is 7.66. The molecule has 26 heavy (non-hydrogen) atoms. The third-order valence-corrected chi connectivity index (χ3v) is 5.56. The summed E-state index contributed by atoms with van der Waals surface area (Å²) in [6.45, 7) is 14.5. The van der Waals surface area contributed by atoms with Crippen LogP contribution in [0.4, 0.5) is 5.69 Å². The zero-order valence-corrected chi connectivity index (χ0v) is 18.1. The van der Waals surface area contributed by atoms with Crippen molar-refractivity contribution in [2.75, 3.05) is 24.6 Å². The Labute approximate surface area is 163 Å². The van der Waals surface area contributed by atoms with E-state index in [2.05, 4.69) is 56.9 Å². The van der Waals surface area contributed by atoms with Gasteiger partial charge >= 0.3 is 0 Å². The minimum Gasteiger partial charge on any atom is -0.494 e. The summed E-state index contributed by atoms with van der Waals surface area (Å²) in [6, 6.07) is 8.77. The Morgan fingerprint density at radius 1 is 0.769 bits per heavy atom. The lowest BCUT2D eigenvalue weighted by Gasteiger charge is -2.32. The van der Waals surface area contributed by atoms with Crippen LogP contribution in [-0.4, -0.2) is 19.7 Å². The van der Waals surface area contributed by atoms with E-state index < -0.39 is 0 Å². The van der Waals surface area contributed by atoms with Crippen molar-refractivity contribution in [3.8, 4) is 5.75 Å². The maximum Gasteiger partial charge on any atom is 0.119 e. The third kappa shape index (κ3) is 8.47. The van der Waals surface area contributed by atoms with Gasteiger partial charge in [-0.3, -0.25) is 0 Å². The van der Waals surface area contributed by atoms with Gasteiger partial charge in [-0.15, -0.1) is 0 Å². The molecule has 150 valence electrons. The van der Waals surface area contributed by atoms with Gasteiger partial charge in [-0.05, 0) is 55.9 Å². The monoisotopic (exact) mass is 361 g/mol. The van der Waals surface area contributed by atoms with E-state index in [1.54, 1.807) is 0 Å². The molecule has 0 fully saturated rings. The summed E-state index contributed by atoms with van der Waals surface area (Å²) in [4.78, 5) is 2.66. The van der Waals surface area contributed by atoms with Crippen LogP contribution in [0, 0.1) is 11.8 Å². The average Bonchev–Trinajstić information content (AvgIpc) is 2.67. The topological polar surface area (TPSA) is 12.5 Å². The molecule has 0 aliphatic rings. The van der Waals surface area contributed by atoms with Gasteiger partial charge in [-0.25, -0.2) is 0 Å². The number of benzene rings is 1. The van der Waals surface area contributed by atoms with Crippen LogP contribution in [0.2, 0.25) is 0 Å². The van der Waals surface area contributed by atoms with E-state index in [1.807, 2.05) is 6.92 Å². The first-order chi connectivity index (χ1) is 12.7. The molecule has 2 atom stereocenters. The summed E-state index contributed by atoms with van der Waals surface area (Å²) in [5, 5.41) is 0. The van der Waals surface area contributed by atoms with Crippen molar-refractivity contribution in [3.63, 3.8) is 0 Å². The summed E-state index contributed by atoms with van der Waals surface area (Å²) < 4.78 is 5.63. The first-order valence-corrected chi connectivity index (χ1v) is 11.2. The average molecular weight is 362 g/mol. The zero-order chi connectivity index (χ0) is 19.2. The number of nitrogens with zero attached hydrogens (tertiary/aromatic N) is 1. The highest BCUT2D eigenvalue weighted by atomic mass is 16.5. The molecule has 0 spiro atoms. The van der Waals surface area contributed by atoms with E-state index in [-0.39, 0.29) is 0 Å². The van der Waals surface area contributed by atoms with Gasteiger partial charge in [0.2, 0.25) is 0 Å². The molecule has 1 aromatic rings. The SMILES string of the molecule is CCCCC(CC)CN(CC(CC)CCCC)c1ccc(OCC)cc1. The normalized spacial score (nSPS) is 13.4. The van der Waals surface area contributed by atoms with Crippen LogP contribution < -0.4 is 9.64 Å². The zero-order valence-electron chi connectivity index (χ0n) is 18.1. The van der Waals surface area contributed by atoms with Crippen molar-refractivity contribution in [2.24, 2.45) is 11.8 Å². The lowest BCUT2D eigenvalue weighted by atomic mass is 9.95. The Hall–Kier alpha value is -1.18. The lowest BCUT2D eigenvalue weighted by molar-refractivity contribution is 0.340. The minimum atomic E-state index is 0.729. The molecule has 0 aromatic heterocycles. The number of hydrogen-bond acceptors (Lipinski definition) is 2. The first-order valence-electron chi connectivity index (χ1n) is 11.2. The fourth-order valence-corrected chi connectivity index (χ4v) is 3.66. The molecular weight excluding hydrogens is 318 g/mol. The second kappa shape index (κ2) is 13.9. The molecular formula is C24H43NO. The molecule has 0 aliphatic heterocycles. The van der Waals surface area contributed by atoms with Gasteiger partial charge in [-0.2, -0.15) is 0 Å². The largest absolute Gasteiger partial charge is 0.494 e. The van der Waals surface area contributed by atoms with Crippen molar-refractivity contribution < 1.29 is 4.74 Å². The van der Waals surface area contributed by atoms with Crippen LogP contribution in [0.3, 0.4) is 0 Å². The van der Waals surface area contributed by atoms with Gasteiger partial charge in [0.15, 0.2) is 0 Å². The fourth-order valence-electron chi connectivity index (χ4n) is 3.66. The summed E-state index contributed by atoms with van der Waals surface area (Å²) in [7, 11) is 0. The highest BCUT2D eigenvalue weighted by Gasteiger charge is 2.17. The van der Waals surface area contributed by atoms with Gasteiger partial charge in [0, 0.05) is 18.8 Å². The van der Waals surface area contributed by atoms with Gasteiger partial charge in [0.1, 0.15) is 5.75 Å².